The summed E-state index contributed by atoms with van der Waals surface area (Å²) in [7, 11) is 0. The largest absolute Gasteiger partial charge is 0.492 e. The Morgan fingerprint density at radius 1 is 0.375 bits per heavy atom. The molecule has 0 amide bonds. The summed E-state index contributed by atoms with van der Waals surface area (Å²) in [6.07, 6.45) is 34.8. The summed E-state index contributed by atoms with van der Waals surface area (Å²) >= 11 is 13.7. The summed E-state index contributed by atoms with van der Waals surface area (Å²) in [6, 6.07) is 12.1. The molecule has 3 rings (SSSR count). The monoisotopic (exact) mass is 698 g/mol. The van der Waals surface area contributed by atoms with Crippen LogP contribution in [-0.2, 0) is 0 Å². The first-order valence-electron chi connectivity index (χ1n) is 20.3. The quantitative estimate of drug-likeness (QED) is 0.0509. The highest BCUT2D eigenvalue weighted by molar-refractivity contribution is 6.40. The number of benzene rings is 3. The normalized spacial score (nSPS) is 11.6. The Morgan fingerprint density at radius 3 is 1.00 bits per heavy atom. The zero-order valence-electron chi connectivity index (χ0n) is 30.8. The van der Waals surface area contributed by atoms with Crippen molar-refractivity contribution >= 4 is 44.7 Å². The van der Waals surface area contributed by atoms with E-state index >= 15 is 0 Å². The second kappa shape index (κ2) is 26.2. The van der Waals surface area contributed by atoms with E-state index in [-0.39, 0.29) is 0 Å². The highest BCUT2D eigenvalue weighted by Gasteiger charge is 2.20. The minimum Gasteiger partial charge on any atom is -0.492 e. The fourth-order valence-electron chi connectivity index (χ4n) is 7.05. The van der Waals surface area contributed by atoms with Crippen molar-refractivity contribution in [1.82, 2.24) is 0 Å². The lowest BCUT2D eigenvalue weighted by Gasteiger charge is -2.19. The van der Waals surface area contributed by atoms with Gasteiger partial charge in [0.25, 0.3) is 0 Å². The lowest BCUT2D eigenvalue weighted by molar-refractivity contribution is 0.306. The van der Waals surface area contributed by atoms with Crippen LogP contribution < -0.4 is 9.47 Å². The number of unbranched alkanes of at least 4 members (excludes halogenated alkanes) is 24. The van der Waals surface area contributed by atoms with E-state index in [0.29, 0.717) is 23.3 Å². The average Bonchev–Trinajstić information content (AvgIpc) is 3.09. The highest BCUT2D eigenvalue weighted by atomic mass is 35.5. The second-order valence-electron chi connectivity index (χ2n) is 14.2. The Hall–Kier alpha value is -1.64. The maximum Gasteiger partial charge on any atom is 0.138 e. The maximum atomic E-state index is 6.87. The Balaban J connectivity index is 1.44. The van der Waals surface area contributed by atoms with Gasteiger partial charge in [-0.3, -0.25) is 0 Å². The number of rotatable bonds is 30. The van der Waals surface area contributed by atoms with Crippen molar-refractivity contribution in [3.63, 3.8) is 0 Å². The first-order valence-corrected chi connectivity index (χ1v) is 21.0. The van der Waals surface area contributed by atoms with Gasteiger partial charge in [0.05, 0.1) is 23.3 Å². The van der Waals surface area contributed by atoms with Crippen LogP contribution in [0.5, 0.6) is 11.5 Å². The summed E-state index contributed by atoms with van der Waals surface area (Å²) in [6.45, 7) is 5.93. The molecular formula is C44H68Cl2O2. The number of hydrogen-bond donors (Lipinski definition) is 0. The van der Waals surface area contributed by atoms with Gasteiger partial charge in [0.1, 0.15) is 11.5 Å². The molecule has 0 aliphatic heterocycles. The van der Waals surface area contributed by atoms with Gasteiger partial charge in [0, 0.05) is 21.5 Å². The van der Waals surface area contributed by atoms with Gasteiger partial charge < -0.3 is 9.47 Å². The summed E-state index contributed by atoms with van der Waals surface area (Å²) in [5.74, 6) is 1.67. The van der Waals surface area contributed by atoms with Gasteiger partial charge in [-0.25, -0.2) is 0 Å². The number of halogens is 2. The third-order valence-electron chi connectivity index (χ3n) is 9.96. The molecule has 3 aromatic carbocycles. The third-order valence-corrected chi connectivity index (χ3v) is 10.6. The second-order valence-corrected chi connectivity index (χ2v) is 15.0. The van der Waals surface area contributed by atoms with Gasteiger partial charge in [-0.05, 0) is 25.0 Å². The van der Waals surface area contributed by atoms with E-state index in [9.17, 15) is 0 Å². The van der Waals surface area contributed by atoms with Crippen molar-refractivity contribution in [1.29, 1.82) is 0 Å². The molecule has 270 valence electrons. The SMILES string of the molecule is CCCCCCCCCCCCCCCOc1c2cccc(Cl)c2c(OCCCCCCCCCCCCCCC)c2c(Cl)cccc12. The first-order chi connectivity index (χ1) is 23.7. The standard InChI is InChI=1S/C44H68Cl2O2/c1-3-5-7-9-11-13-15-17-19-21-23-25-27-35-47-43-37-31-29-33-39(45)41(37)44(42-38(43)32-30-34-40(42)46)48-36-28-26-24-22-20-18-16-14-12-10-8-6-4-2/h29-34H,3-28,35-36H2,1-2H3. The summed E-state index contributed by atoms with van der Waals surface area (Å²) in [4.78, 5) is 0. The van der Waals surface area contributed by atoms with Crippen molar-refractivity contribution in [3.8, 4) is 11.5 Å². The van der Waals surface area contributed by atoms with Crippen LogP contribution in [0, 0.1) is 0 Å². The molecule has 0 saturated heterocycles. The van der Waals surface area contributed by atoms with Gasteiger partial charge in [-0.15, -0.1) is 0 Å². The predicted molar refractivity (Wildman–Crippen MR) is 214 cm³/mol. The molecule has 0 atom stereocenters. The van der Waals surface area contributed by atoms with Gasteiger partial charge in [-0.1, -0.05) is 215 Å². The molecule has 2 nitrogen and oxygen atoms in total. The molecule has 0 fully saturated rings. The molecule has 0 radical (unpaired) electrons. The molecule has 0 heterocycles. The molecule has 0 bridgehead atoms. The van der Waals surface area contributed by atoms with Crippen molar-refractivity contribution in [2.24, 2.45) is 0 Å². The molecule has 3 aromatic rings. The molecule has 0 saturated carbocycles. The van der Waals surface area contributed by atoms with Crippen molar-refractivity contribution in [2.45, 2.75) is 181 Å². The number of hydrogen-bond acceptors (Lipinski definition) is 2. The van der Waals surface area contributed by atoms with E-state index in [1.807, 2.05) is 24.3 Å². The van der Waals surface area contributed by atoms with Crippen LogP contribution in [0.2, 0.25) is 10.0 Å². The van der Waals surface area contributed by atoms with E-state index in [2.05, 4.69) is 26.0 Å². The first kappa shape index (κ1) is 40.8. The molecule has 0 aliphatic rings. The highest BCUT2D eigenvalue weighted by Crippen LogP contribution is 2.47. The Kier molecular flexibility index (Phi) is 22.3. The number of ether oxygens (including phenoxy) is 2. The van der Waals surface area contributed by atoms with Crippen molar-refractivity contribution in [3.05, 3.63) is 46.4 Å². The topological polar surface area (TPSA) is 18.5 Å². The minimum atomic E-state index is 0.664. The van der Waals surface area contributed by atoms with Crippen LogP contribution in [0.4, 0.5) is 0 Å². The van der Waals surface area contributed by atoms with E-state index in [1.54, 1.807) is 0 Å². The van der Waals surface area contributed by atoms with Gasteiger partial charge in [0.15, 0.2) is 0 Å². The van der Waals surface area contributed by atoms with E-state index in [0.717, 1.165) is 45.9 Å². The van der Waals surface area contributed by atoms with Crippen LogP contribution in [0.3, 0.4) is 0 Å². The lowest BCUT2D eigenvalue weighted by atomic mass is 10.00. The predicted octanol–water partition coefficient (Wildman–Crippen LogP) is 16.2. The van der Waals surface area contributed by atoms with Crippen molar-refractivity contribution in [2.75, 3.05) is 13.2 Å². The molecule has 48 heavy (non-hydrogen) atoms. The smallest absolute Gasteiger partial charge is 0.138 e. The Morgan fingerprint density at radius 2 is 0.667 bits per heavy atom. The van der Waals surface area contributed by atoms with Crippen LogP contribution >= 0.6 is 23.2 Å². The number of fused-ring (bicyclic) bond motifs is 2. The van der Waals surface area contributed by atoms with Crippen molar-refractivity contribution < 1.29 is 9.47 Å². The average molecular weight is 700 g/mol. The minimum absolute atomic E-state index is 0.664. The molecule has 4 heteroatoms. The van der Waals surface area contributed by atoms with Crippen LogP contribution in [-0.4, -0.2) is 13.2 Å². The third kappa shape index (κ3) is 15.1. The van der Waals surface area contributed by atoms with Gasteiger partial charge in [0.2, 0.25) is 0 Å². The fourth-order valence-corrected chi connectivity index (χ4v) is 7.57. The van der Waals surface area contributed by atoms with Gasteiger partial charge >= 0.3 is 0 Å². The lowest BCUT2D eigenvalue weighted by Crippen LogP contribution is -2.03. The molecule has 0 unspecified atom stereocenters. The summed E-state index contributed by atoms with van der Waals surface area (Å²) < 4.78 is 13.1. The van der Waals surface area contributed by atoms with E-state index < -0.39 is 0 Å². The Bertz CT molecular complexity index is 1190. The zero-order chi connectivity index (χ0) is 34.1. The van der Waals surface area contributed by atoms with Crippen LogP contribution in [0.25, 0.3) is 21.5 Å². The molecule has 0 aliphatic carbocycles. The summed E-state index contributed by atoms with van der Waals surface area (Å²) in [5, 5.41) is 5.20. The molecular weight excluding hydrogens is 631 g/mol. The fraction of sp³-hybridized carbons (Fsp3) is 0.682. The molecule has 0 spiro atoms. The van der Waals surface area contributed by atoms with E-state index in [4.69, 9.17) is 32.7 Å². The Labute approximate surface area is 305 Å². The van der Waals surface area contributed by atoms with Crippen LogP contribution in [0.15, 0.2) is 36.4 Å². The maximum absolute atomic E-state index is 6.87. The molecule has 0 N–H and O–H groups in total. The summed E-state index contributed by atoms with van der Waals surface area (Å²) in [5.41, 5.74) is 0. The van der Waals surface area contributed by atoms with E-state index in [1.165, 1.54) is 154 Å². The zero-order valence-corrected chi connectivity index (χ0v) is 32.3. The molecule has 0 aromatic heterocycles. The van der Waals surface area contributed by atoms with Gasteiger partial charge in [-0.2, -0.15) is 0 Å². The van der Waals surface area contributed by atoms with Crippen LogP contribution in [0.1, 0.15) is 181 Å².